The molecule has 0 fully saturated rings. The second kappa shape index (κ2) is 11.6. The topological polar surface area (TPSA) is 61.4 Å². The number of benzene rings is 2. The fourth-order valence-corrected chi connectivity index (χ4v) is 2.71. The highest BCUT2D eigenvalue weighted by Crippen LogP contribution is 2.11. The van der Waals surface area contributed by atoms with Crippen molar-refractivity contribution in [3.8, 4) is 0 Å². The van der Waals surface area contributed by atoms with E-state index in [1.807, 2.05) is 48.5 Å². The number of amides is 2. The predicted octanol–water partition coefficient (Wildman–Crippen LogP) is 3.24. The maximum absolute atomic E-state index is 12.1. The van der Waals surface area contributed by atoms with E-state index in [-0.39, 0.29) is 11.8 Å². The zero-order valence-corrected chi connectivity index (χ0v) is 16.6. The fourth-order valence-electron chi connectivity index (χ4n) is 2.71. The van der Waals surface area contributed by atoms with Crippen molar-refractivity contribution in [1.29, 1.82) is 0 Å². The Bertz CT molecular complexity index is 760. The molecule has 2 N–H and O–H groups in total. The van der Waals surface area contributed by atoms with E-state index in [2.05, 4.69) is 34.7 Å². The zero-order chi connectivity index (χ0) is 20.2. The number of para-hydroxylation sites is 1. The van der Waals surface area contributed by atoms with Crippen LogP contribution in [-0.4, -0.2) is 38.0 Å². The van der Waals surface area contributed by atoms with Gasteiger partial charge < -0.3 is 15.5 Å². The van der Waals surface area contributed by atoms with Gasteiger partial charge in [-0.2, -0.15) is 0 Å². The first-order valence-corrected chi connectivity index (χ1v) is 9.64. The Morgan fingerprint density at radius 2 is 1.64 bits per heavy atom. The van der Waals surface area contributed by atoms with Gasteiger partial charge in [0.2, 0.25) is 11.8 Å². The van der Waals surface area contributed by atoms with E-state index in [0.29, 0.717) is 6.54 Å². The predicted molar refractivity (Wildman–Crippen MR) is 115 cm³/mol. The second-order valence-corrected chi connectivity index (χ2v) is 6.73. The first-order chi connectivity index (χ1) is 13.6. The summed E-state index contributed by atoms with van der Waals surface area (Å²) in [4.78, 5) is 26.2. The van der Waals surface area contributed by atoms with Crippen LogP contribution in [-0.2, 0) is 9.59 Å². The van der Waals surface area contributed by atoms with Crippen LogP contribution in [0.4, 0.5) is 5.69 Å². The van der Waals surface area contributed by atoms with Gasteiger partial charge in [-0.05, 0) is 43.5 Å². The Hall–Kier alpha value is -3.08. The van der Waals surface area contributed by atoms with E-state index >= 15 is 0 Å². The summed E-state index contributed by atoms with van der Waals surface area (Å²) in [5.74, 6) is -0.450. The van der Waals surface area contributed by atoms with Gasteiger partial charge in [0.25, 0.3) is 0 Å². The van der Waals surface area contributed by atoms with Gasteiger partial charge in [-0.3, -0.25) is 9.59 Å². The van der Waals surface area contributed by atoms with Crippen LogP contribution in [0.25, 0.3) is 6.08 Å². The lowest BCUT2D eigenvalue weighted by Gasteiger charge is -2.19. The summed E-state index contributed by atoms with van der Waals surface area (Å²) in [5, 5.41) is 5.56. The summed E-state index contributed by atoms with van der Waals surface area (Å²) in [6, 6.07) is 19.2. The van der Waals surface area contributed by atoms with Crippen LogP contribution < -0.4 is 15.5 Å². The van der Waals surface area contributed by atoms with Gasteiger partial charge in [0.05, 0.1) is 0 Å². The monoisotopic (exact) mass is 379 g/mol. The number of rotatable bonds is 10. The zero-order valence-electron chi connectivity index (χ0n) is 16.6. The van der Waals surface area contributed by atoms with Crippen molar-refractivity contribution < 1.29 is 9.59 Å². The van der Waals surface area contributed by atoms with E-state index in [1.54, 1.807) is 13.0 Å². The van der Waals surface area contributed by atoms with Gasteiger partial charge >= 0.3 is 0 Å². The first kappa shape index (κ1) is 21.2. The third kappa shape index (κ3) is 7.66. The van der Waals surface area contributed by atoms with Crippen LogP contribution >= 0.6 is 0 Å². The van der Waals surface area contributed by atoms with Crippen LogP contribution in [0, 0.1) is 0 Å². The molecule has 2 rings (SSSR count). The number of unbranched alkanes of at least 4 members (excludes halogenated alkanes) is 1. The van der Waals surface area contributed by atoms with Gasteiger partial charge in [0.15, 0.2) is 0 Å². The molecular weight excluding hydrogens is 350 g/mol. The second-order valence-electron chi connectivity index (χ2n) is 6.73. The highest BCUT2D eigenvalue weighted by atomic mass is 16.2. The summed E-state index contributed by atoms with van der Waals surface area (Å²) >= 11 is 0. The maximum Gasteiger partial charge on any atom is 0.244 e. The van der Waals surface area contributed by atoms with Gasteiger partial charge in [0.1, 0.15) is 6.04 Å². The van der Waals surface area contributed by atoms with Crippen molar-refractivity contribution in [1.82, 2.24) is 10.6 Å². The standard InChI is InChI=1S/C23H29N3O2/c1-19(25-22(27)16-15-20-11-5-3-6-12-20)23(28)24-17-9-10-18-26(2)21-13-7-4-8-14-21/h3-8,11-16,19H,9-10,17-18H2,1-2H3,(H,24,28)(H,25,27)/b16-15+. The summed E-state index contributed by atoms with van der Waals surface area (Å²) < 4.78 is 0. The number of nitrogens with zero attached hydrogens (tertiary/aromatic N) is 1. The Balaban J connectivity index is 1.61. The lowest BCUT2D eigenvalue weighted by atomic mass is 10.2. The Kier molecular flexibility index (Phi) is 8.79. The maximum atomic E-state index is 12.1. The van der Waals surface area contributed by atoms with Gasteiger partial charge in [-0.15, -0.1) is 0 Å². The van der Waals surface area contributed by atoms with E-state index < -0.39 is 6.04 Å². The molecule has 0 radical (unpaired) electrons. The summed E-state index contributed by atoms with van der Waals surface area (Å²) in [6.45, 7) is 3.21. The van der Waals surface area contributed by atoms with Gasteiger partial charge in [-0.25, -0.2) is 0 Å². The van der Waals surface area contributed by atoms with E-state index in [4.69, 9.17) is 0 Å². The SMILES string of the molecule is CC(NC(=O)/C=C/c1ccccc1)C(=O)NCCCCN(C)c1ccccc1. The molecule has 0 aromatic heterocycles. The third-order valence-electron chi connectivity index (χ3n) is 4.40. The number of carbonyl (C=O) groups excluding carboxylic acids is 2. The third-order valence-corrected chi connectivity index (χ3v) is 4.40. The van der Waals surface area contributed by atoms with Crippen molar-refractivity contribution in [2.75, 3.05) is 25.0 Å². The Morgan fingerprint density at radius 3 is 2.32 bits per heavy atom. The molecule has 0 spiro atoms. The first-order valence-electron chi connectivity index (χ1n) is 9.64. The molecular formula is C23H29N3O2. The highest BCUT2D eigenvalue weighted by Gasteiger charge is 2.13. The highest BCUT2D eigenvalue weighted by molar-refractivity contribution is 5.95. The number of nitrogens with one attached hydrogen (secondary N) is 2. The summed E-state index contributed by atoms with van der Waals surface area (Å²) in [6.07, 6.45) is 5.03. The molecule has 0 aliphatic heterocycles. The molecule has 2 amide bonds. The number of hydrogen-bond donors (Lipinski definition) is 2. The summed E-state index contributed by atoms with van der Waals surface area (Å²) in [7, 11) is 2.06. The number of hydrogen-bond acceptors (Lipinski definition) is 3. The largest absolute Gasteiger partial charge is 0.375 e. The molecule has 5 heteroatoms. The molecule has 0 saturated carbocycles. The van der Waals surface area contributed by atoms with E-state index in [9.17, 15) is 9.59 Å². The van der Waals surface area contributed by atoms with Crippen LogP contribution in [0.5, 0.6) is 0 Å². The number of carbonyl (C=O) groups is 2. The molecule has 1 atom stereocenters. The summed E-state index contributed by atoms with van der Waals surface area (Å²) in [5.41, 5.74) is 2.13. The average Bonchev–Trinajstić information content (AvgIpc) is 2.73. The molecule has 0 aliphatic rings. The van der Waals surface area contributed by atoms with Crippen LogP contribution in [0.15, 0.2) is 66.7 Å². The van der Waals surface area contributed by atoms with E-state index in [1.165, 1.54) is 11.8 Å². The normalized spacial score (nSPS) is 11.8. The molecule has 0 saturated heterocycles. The molecule has 0 heterocycles. The minimum atomic E-state index is -0.570. The van der Waals surface area contributed by atoms with Crippen LogP contribution in [0.3, 0.4) is 0 Å². The van der Waals surface area contributed by atoms with E-state index in [0.717, 1.165) is 24.9 Å². The average molecular weight is 380 g/mol. The molecule has 1 unspecified atom stereocenters. The van der Waals surface area contributed by atoms with Crippen molar-refractivity contribution in [2.45, 2.75) is 25.8 Å². The number of anilines is 1. The van der Waals surface area contributed by atoms with Crippen molar-refractivity contribution in [2.24, 2.45) is 0 Å². The Labute approximate surface area is 167 Å². The molecule has 5 nitrogen and oxygen atoms in total. The van der Waals surface area contributed by atoms with Crippen molar-refractivity contribution in [3.05, 3.63) is 72.3 Å². The van der Waals surface area contributed by atoms with Crippen molar-refractivity contribution >= 4 is 23.6 Å². The molecule has 28 heavy (non-hydrogen) atoms. The molecule has 148 valence electrons. The van der Waals surface area contributed by atoms with Gasteiger partial charge in [-0.1, -0.05) is 48.5 Å². The minimum Gasteiger partial charge on any atom is -0.375 e. The molecule has 0 aliphatic carbocycles. The fraction of sp³-hybridized carbons (Fsp3) is 0.304. The molecule has 0 bridgehead atoms. The lowest BCUT2D eigenvalue weighted by Crippen LogP contribution is -2.44. The Morgan fingerprint density at radius 1 is 1.00 bits per heavy atom. The quantitative estimate of drug-likeness (QED) is 0.492. The molecule has 2 aromatic carbocycles. The molecule has 2 aromatic rings. The van der Waals surface area contributed by atoms with Crippen LogP contribution in [0.1, 0.15) is 25.3 Å². The minimum absolute atomic E-state index is 0.169. The smallest absolute Gasteiger partial charge is 0.244 e. The van der Waals surface area contributed by atoms with Gasteiger partial charge in [0, 0.05) is 31.9 Å². The van der Waals surface area contributed by atoms with Crippen LogP contribution in [0.2, 0.25) is 0 Å². The lowest BCUT2D eigenvalue weighted by molar-refractivity contribution is -0.126. The van der Waals surface area contributed by atoms with Crippen molar-refractivity contribution in [3.63, 3.8) is 0 Å².